The summed E-state index contributed by atoms with van der Waals surface area (Å²) >= 11 is 3.98. The summed E-state index contributed by atoms with van der Waals surface area (Å²) in [6.45, 7) is 1.34. The Bertz CT molecular complexity index is 72.5. The van der Waals surface area contributed by atoms with Gasteiger partial charge in [0.2, 0.25) is 0 Å². The zero-order chi connectivity index (χ0) is 7.15. The first-order valence-corrected chi connectivity index (χ1v) is 2.18. The van der Waals surface area contributed by atoms with Gasteiger partial charge in [0, 0.05) is 5.12 Å². The van der Waals surface area contributed by atoms with Crippen LogP contribution in [0.2, 0.25) is 0 Å². The standard InChI is InChI=1S/C2H4OS.CH5N3/c1-2(3)4;2-1(3)4/h1H3,(H,3,4);(H5,2,3,4). The Labute approximate surface area is 53.2 Å². The lowest BCUT2D eigenvalue weighted by Crippen LogP contribution is -2.51. The molecule has 0 rings (SSSR count). The third-order valence-corrected chi connectivity index (χ3v) is 0. The lowest BCUT2D eigenvalue weighted by molar-refractivity contribution is -0.117. The smallest absolute Gasteiger partial charge is 0.336 e. The van der Waals surface area contributed by atoms with Crippen molar-refractivity contribution in [3.05, 3.63) is 0 Å². The number of hydrogen-bond acceptors (Lipinski definition) is 2. The summed E-state index contributed by atoms with van der Waals surface area (Å²) in [5.74, 6) is -0.0833. The molecule has 0 heterocycles. The summed E-state index contributed by atoms with van der Waals surface area (Å²) in [5, 5.41) is 4.33. The van der Waals surface area contributed by atoms with Crippen LogP contribution >= 0.6 is 0 Å². The van der Waals surface area contributed by atoms with Crippen molar-refractivity contribution in [2.24, 2.45) is 11.5 Å². The maximum atomic E-state index is 9.26. The van der Waals surface area contributed by atoms with Crippen molar-refractivity contribution in [3.63, 3.8) is 0 Å². The van der Waals surface area contributed by atoms with Gasteiger partial charge in [0.05, 0.1) is 0 Å². The summed E-state index contributed by atoms with van der Waals surface area (Å²) in [5.41, 5.74) is 9.17. The van der Waals surface area contributed by atoms with Gasteiger partial charge in [-0.2, -0.15) is 0 Å². The average Bonchev–Trinajstić information content (AvgIpc) is 1.25. The van der Waals surface area contributed by atoms with E-state index in [1.165, 1.54) is 6.92 Å². The summed E-state index contributed by atoms with van der Waals surface area (Å²) < 4.78 is 0. The van der Waals surface area contributed by atoms with E-state index in [1.54, 1.807) is 0 Å². The minimum absolute atomic E-state index is 0.0833. The third kappa shape index (κ3) is 127. The maximum Gasteiger partial charge on any atom is 0.336 e. The SMILES string of the molecule is CC(=O)[S-].NC(N)=[NH2+]. The Morgan fingerprint density at radius 2 is 1.62 bits per heavy atom. The van der Waals surface area contributed by atoms with Crippen molar-refractivity contribution >= 4 is 23.7 Å². The largest absolute Gasteiger partial charge is 0.742 e. The molecule has 0 radical (unpaired) electrons. The molecule has 0 aliphatic carbocycles. The number of hydrogen-bond donors (Lipinski definition) is 3. The number of nitrogens with two attached hydrogens (primary N) is 3. The van der Waals surface area contributed by atoms with Crippen LogP contribution in [0, 0.1) is 0 Å². The highest BCUT2D eigenvalue weighted by molar-refractivity contribution is 7.76. The highest BCUT2D eigenvalue weighted by Crippen LogP contribution is 1.47. The Hall–Kier alpha value is -0.840. The molecule has 6 N–H and O–H groups in total. The average molecular weight is 135 g/mol. The Kier molecular flexibility index (Phi) is 7.86. The number of carbonyl (C=O) groups is 1. The molecule has 4 nitrogen and oxygen atoms in total. The molecule has 0 saturated heterocycles. The molecular formula is C3H9N3OS. The molecule has 0 spiro atoms. The van der Waals surface area contributed by atoms with Gasteiger partial charge in [-0.1, -0.05) is 0 Å². The maximum absolute atomic E-state index is 9.26. The van der Waals surface area contributed by atoms with E-state index in [1.807, 2.05) is 0 Å². The molecule has 0 aromatic rings. The van der Waals surface area contributed by atoms with E-state index in [-0.39, 0.29) is 11.1 Å². The lowest BCUT2D eigenvalue weighted by Gasteiger charge is -1.82. The molecule has 0 fully saturated rings. The van der Waals surface area contributed by atoms with Gasteiger partial charge >= 0.3 is 5.96 Å². The van der Waals surface area contributed by atoms with Gasteiger partial charge in [-0.25, -0.2) is 0 Å². The van der Waals surface area contributed by atoms with E-state index in [0.29, 0.717) is 0 Å². The third-order valence-electron chi connectivity index (χ3n) is 0. The molecule has 0 amide bonds. The lowest BCUT2D eigenvalue weighted by atomic mass is 10.9. The fourth-order valence-corrected chi connectivity index (χ4v) is 0. The van der Waals surface area contributed by atoms with Crippen LogP contribution in [0.3, 0.4) is 0 Å². The molecule has 0 atom stereocenters. The zero-order valence-corrected chi connectivity index (χ0v) is 5.37. The molecule has 48 valence electrons. The fraction of sp³-hybridized carbons (Fsp3) is 0.333. The molecule has 0 aliphatic rings. The van der Waals surface area contributed by atoms with Gasteiger partial charge in [0.15, 0.2) is 0 Å². The second kappa shape index (κ2) is 6.16. The first-order chi connectivity index (χ1) is 3.46. The van der Waals surface area contributed by atoms with E-state index >= 15 is 0 Å². The van der Waals surface area contributed by atoms with Crippen LogP contribution in [0.15, 0.2) is 0 Å². The zero-order valence-electron chi connectivity index (χ0n) is 4.55. The molecule has 0 aromatic heterocycles. The Morgan fingerprint density at radius 3 is 1.62 bits per heavy atom. The van der Waals surface area contributed by atoms with Gasteiger partial charge in [-0.15, -0.1) is 0 Å². The molecular weight excluding hydrogens is 126 g/mol. The van der Waals surface area contributed by atoms with Gasteiger partial charge in [0.1, 0.15) is 0 Å². The monoisotopic (exact) mass is 135 g/mol. The predicted octanol–water partition coefficient (Wildman–Crippen LogP) is -2.90. The van der Waals surface area contributed by atoms with E-state index in [4.69, 9.17) is 0 Å². The van der Waals surface area contributed by atoms with Crippen LogP contribution in [-0.4, -0.2) is 11.1 Å². The van der Waals surface area contributed by atoms with Crippen LogP contribution in [0.5, 0.6) is 0 Å². The Balaban J connectivity index is 0. The van der Waals surface area contributed by atoms with E-state index in [0.717, 1.165) is 0 Å². The normalized spacial score (nSPS) is 6.12. The summed E-state index contributed by atoms with van der Waals surface area (Å²) in [4.78, 5) is 9.26. The molecule has 0 saturated carbocycles. The van der Waals surface area contributed by atoms with Gasteiger partial charge in [-0.05, 0) is 6.92 Å². The second-order valence-electron chi connectivity index (χ2n) is 0.992. The van der Waals surface area contributed by atoms with Gasteiger partial charge < -0.3 is 17.4 Å². The van der Waals surface area contributed by atoms with Gasteiger partial charge in [-0.3, -0.25) is 16.9 Å². The van der Waals surface area contributed by atoms with Crippen molar-refractivity contribution in [2.45, 2.75) is 6.92 Å². The number of guanidine groups is 1. The van der Waals surface area contributed by atoms with Crippen LogP contribution in [-0.2, 0) is 17.4 Å². The first-order valence-electron chi connectivity index (χ1n) is 1.77. The van der Waals surface area contributed by atoms with Crippen LogP contribution in [0.4, 0.5) is 0 Å². The molecule has 8 heavy (non-hydrogen) atoms. The minimum Gasteiger partial charge on any atom is -0.742 e. The topological polar surface area (TPSA) is 94.7 Å². The summed E-state index contributed by atoms with van der Waals surface area (Å²) in [6, 6.07) is 0. The minimum atomic E-state index is -0.250. The predicted molar refractivity (Wildman–Crippen MR) is 33.4 cm³/mol. The first kappa shape index (κ1) is 10.2. The number of carbonyl (C=O) groups excluding carboxylic acids is 1. The van der Waals surface area contributed by atoms with E-state index in [9.17, 15) is 4.79 Å². The van der Waals surface area contributed by atoms with Crippen molar-refractivity contribution in [1.29, 1.82) is 0 Å². The van der Waals surface area contributed by atoms with E-state index < -0.39 is 0 Å². The van der Waals surface area contributed by atoms with Gasteiger partial charge in [0.25, 0.3) is 0 Å². The fourth-order valence-electron chi connectivity index (χ4n) is 0. The van der Waals surface area contributed by atoms with Crippen molar-refractivity contribution in [1.82, 2.24) is 0 Å². The molecule has 5 heteroatoms. The highest BCUT2D eigenvalue weighted by Gasteiger charge is 1.64. The van der Waals surface area contributed by atoms with Crippen LogP contribution in [0.25, 0.3) is 0 Å². The van der Waals surface area contributed by atoms with Crippen molar-refractivity contribution in [2.75, 3.05) is 0 Å². The van der Waals surface area contributed by atoms with Crippen LogP contribution in [0.1, 0.15) is 6.92 Å². The van der Waals surface area contributed by atoms with Crippen LogP contribution < -0.4 is 16.9 Å². The number of rotatable bonds is 0. The summed E-state index contributed by atoms with van der Waals surface area (Å²) in [7, 11) is 0. The molecule has 0 unspecified atom stereocenters. The highest BCUT2D eigenvalue weighted by atomic mass is 32.1. The summed E-state index contributed by atoms with van der Waals surface area (Å²) in [6.07, 6.45) is 0. The van der Waals surface area contributed by atoms with Crippen molar-refractivity contribution in [3.8, 4) is 0 Å². The quantitative estimate of drug-likeness (QED) is 0.189. The van der Waals surface area contributed by atoms with E-state index in [2.05, 4.69) is 29.5 Å². The molecule has 0 bridgehead atoms. The second-order valence-corrected chi connectivity index (χ2v) is 1.57. The molecule has 0 aromatic carbocycles. The molecule has 0 aliphatic heterocycles. The Morgan fingerprint density at radius 1 is 1.62 bits per heavy atom. The van der Waals surface area contributed by atoms with Crippen molar-refractivity contribution < 1.29 is 10.2 Å².